The van der Waals surface area contributed by atoms with Crippen LogP contribution in [0.1, 0.15) is 174 Å². The maximum Gasteiger partial charge on any atom is 0.168 e. The molecule has 40 heavy (non-hydrogen) atoms. The average molecular weight is 562 g/mol. The molecule has 1 heterocycles. The first-order valence-electron chi connectivity index (χ1n) is 17.9. The lowest BCUT2D eigenvalue weighted by molar-refractivity contribution is -0.180. The molecule has 0 aromatic rings. The number of ether oxygens (including phenoxy) is 2. The molecule has 236 valence electrons. The van der Waals surface area contributed by atoms with Gasteiger partial charge < -0.3 is 14.4 Å². The van der Waals surface area contributed by atoms with Gasteiger partial charge >= 0.3 is 0 Å². The topological polar surface area (TPSA) is 21.7 Å². The molecule has 0 saturated carbocycles. The van der Waals surface area contributed by atoms with Crippen LogP contribution < -0.4 is 0 Å². The molecule has 1 saturated heterocycles. The minimum Gasteiger partial charge on any atom is -0.347 e. The molecule has 1 fully saturated rings. The number of rotatable bonds is 29. The summed E-state index contributed by atoms with van der Waals surface area (Å²) in [5.74, 6) is -0.299. The summed E-state index contributed by atoms with van der Waals surface area (Å²) in [7, 11) is 4.30. The molecule has 0 radical (unpaired) electrons. The highest BCUT2D eigenvalue weighted by Crippen LogP contribution is 2.35. The summed E-state index contributed by atoms with van der Waals surface area (Å²) in [6, 6.07) is 0. The van der Waals surface area contributed by atoms with Crippen LogP contribution in [0.2, 0.25) is 0 Å². The Morgan fingerprint density at radius 2 is 1.05 bits per heavy atom. The van der Waals surface area contributed by atoms with E-state index in [0.29, 0.717) is 0 Å². The molecular weight excluding hydrogens is 490 g/mol. The Morgan fingerprint density at radius 3 is 1.57 bits per heavy atom. The van der Waals surface area contributed by atoms with Crippen molar-refractivity contribution in [1.82, 2.24) is 4.90 Å². The van der Waals surface area contributed by atoms with Crippen LogP contribution in [-0.4, -0.2) is 44.0 Å². The molecule has 0 aromatic carbocycles. The van der Waals surface area contributed by atoms with Crippen molar-refractivity contribution in [1.29, 1.82) is 0 Å². The van der Waals surface area contributed by atoms with Crippen molar-refractivity contribution in [3.63, 3.8) is 0 Å². The van der Waals surface area contributed by atoms with Gasteiger partial charge in [-0.05, 0) is 65.5 Å². The lowest BCUT2D eigenvalue weighted by atomic mass is 9.98. The third kappa shape index (κ3) is 22.0. The van der Waals surface area contributed by atoms with Crippen molar-refractivity contribution in [2.75, 3.05) is 27.2 Å². The number of unbranched alkanes of at least 4 members (excludes halogenated alkanes) is 18. The number of hydrogen-bond donors (Lipinski definition) is 0. The van der Waals surface area contributed by atoms with Gasteiger partial charge in [0.05, 0.1) is 12.7 Å². The van der Waals surface area contributed by atoms with Crippen molar-refractivity contribution in [2.45, 2.75) is 186 Å². The van der Waals surface area contributed by atoms with Gasteiger partial charge in [0.1, 0.15) is 0 Å². The lowest BCUT2D eigenvalue weighted by Gasteiger charge is -2.29. The van der Waals surface area contributed by atoms with Gasteiger partial charge in [-0.15, -0.1) is 0 Å². The Balaban J connectivity index is 2.17. The van der Waals surface area contributed by atoms with E-state index < -0.39 is 0 Å². The van der Waals surface area contributed by atoms with E-state index in [9.17, 15) is 0 Å². The van der Waals surface area contributed by atoms with Crippen LogP contribution in [0.15, 0.2) is 24.3 Å². The predicted octanol–water partition coefficient (Wildman–Crippen LogP) is 11.6. The number of allylic oxidation sites excluding steroid dienone is 4. The summed E-state index contributed by atoms with van der Waals surface area (Å²) in [6.45, 7) is 6.43. The quantitative estimate of drug-likeness (QED) is 0.0669. The Morgan fingerprint density at radius 1 is 0.600 bits per heavy atom. The molecule has 2 unspecified atom stereocenters. The van der Waals surface area contributed by atoms with E-state index in [1.54, 1.807) is 0 Å². The third-order valence-corrected chi connectivity index (χ3v) is 8.48. The molecule has 0 spiro atoms. The molecular formula is C37H71NO2. The van der Waals surface area contributed by atoms with Gasteiger partial charge in [0, 0.05) is 19.4 Å². The Hall–Kier alpha value is -0.640. The minimum absolute atomic E-state index is 0.273. The van der Waals surface area contributed by atoms with Gasteiger partial charge in [-0.1, -0.05) is 134 Å². The monoisotopic (exact) mass is 562 g/mol. The molecule has 3 nitrogen and oxygen atoms in total. The van der Waals surface area contributed by atoms with E-state index in [4.69, 9.17) is 9.47 Å². The van der Waals surface area contributed by atoms with Gasteiger partial charge in [-0.2, -0.15) is 0 Å². The summed E-state index contributed by atoms with van der Waals surface area (Å²) in [5, 5.41) is 0. The van der Waals surface area contributed by atoms with Crippen LogP contribution in [0.5, 0.6) is 0 Å². The van der Waals surface area contributed by atoms with Gasteiger partial charge in [0.2, 0.25) is 0 Å². The second-order valence-corrected chi connectivity index (χ2v) is 12.8. The predicted molar refractivity (Wildman–Crippen MR) is 177 cm³/mol. The van der Waals surface area contributed by atoms with Crippen molar-refractivity contribution in [3.05, 3.63) is 24.3 Å². The first-order chi connectivity index (χ1) is 19.6. The standard InChI is InChI=1S/C37H71NO2/c1-5-7-9-11-13-15-17-18-19-20-21-22-24-26-28-30-33-37(39-35-36(40-37)31-34-38(3)4)32-29-27-25-23-16-14-12-10-8-6-2/h13,15,18-19,36H,5-12,14,16-17,20-35H2,1-4H3/b15-13-,19-18-. The summed E-state index contributed by atoms with van der Waals surface area (Å²) in [5.41, 5.74) is 0. The number of nitrogens with zero attached hydrogens (tertiary/aromatic N) is 1. The smallest absolute Gasteiger partial charge is 0.168 e. The molecule has 3 heteroatoms. The van der Waals surface area contributed by atoms with E-state index in [1.807, 2.05) is 0 Å². The zero-order valence-corrected chi connectivity index (χ0v) is 27.7. The van der Waals surface area contributed by atoms with Crippen LogP contribution in [0, 0.1) is 0 Å². The molecule has 1 aliphatic heterocycles. The molecule has 0 aliphatic carbocycles. The van der Waals surface area contributed by atoms with E-state index in [2.05, 4.69) is 57.1 Å². The van der Waals surface area contributed by atoms with E-state index in [-0.39, 0.29) is 11.9 Å². The molecule has 0 N–H and O–H groups in total. The fourth-order valence-electron chi connectivity index (χ4n) is 5.81. The van der Waals surface area contributed by atoms with Crippen LogP contribution in [0.4, 0.5) is 0 Å². The fraction of sp³-hybridized carbons (Fsp3) is 0.892. The Labute approximate surface area is 251 Å². The number of hydrogen-bond acceptors (Lipinski definition) is 3. The maximum atomic E-state index is 6.65. The lowest BCUT2D eigenvalue weighted by Crippen LogP contribution is -2.31. The van der Waals surface area contributed by atoms with E-state index in [0.717, 1.165) is 38.8 Å². The van der Waals surface area contributed by atoms with Crippen molar-refractivity contribution < 1.29 is 9.47 Å². The highest BCUT2D eigenvalue weighted by molar-refractivity contribution is 4.92. The molecule has 2 atom stereocenters. The highest BCUT2D eigenvalue weighted by Gasteiger charge is 2.40. The van der Waals surface area contributed by atoms with Gasteiger partial charge in [-0.3, -0.25) is 0 Å². The zero-order chi connectivity index (χ0) is 29.0. The molecule has 1 aliphatic rings. The first kappa shape index (κ1) is 37.4. The zero-order valence-electron chi connectivity index (χ0n) is 27.7. The fourth-order valence-corrected chi connectivity index (χ4v) is 5.81. The van der Waals surface area contributed by atoms with Crippen LogP contribution in [0.25, 0.3) is 0 Å². The largest absolute Gasteiger partial charge is 0.347 e. The van der Waals surface area contributed by atoms with E-state index >= 15 is 0 Å². The van der Waals surface area contributed by atoms with Crippen LogP contribution in [-0.2, 0) is 9.47 Å². The Bertz CT molecular complexity index is 587. The average Bonchev–Trinajstić information content (AvgIpc) is 3.36. The molecule has 0 bridgehead atoms. The van der Waals surface area contributed by atoms with Crippen LogP contribution in [0.3, 0.4) is 0 Å². The van der Waals surface area contributed by atoms with Gasteiger partial charge in [0.25, 0.3) is 0 Å². The second kappa shape index (κ2) is 27.2. The summed E-state index contributed by atoms with van der Waals surface area (Å²) < 4.78 is 13.1. The van der Waals surface area contributed by atoms with Crippen LogP contribution >= 0.6 is 0 Å². The third-order valence-electron chi connectivity index (χ3n) is 8.48. The minimum atomic E-state index is -0.299. The van der Waals surface area contributed by atoms with Crippen molar-refractivity contribution in [2.24, 2.45) is 0 Å². The highest BCUT2D eigenvalue weighted by atomic mass is 16.7. The Kier molecular flexibility index (Phi) is 25.4. The summed E-state index contributed by atoms with van der Waals surface area (Å²) in [6.07, 6.45) is 42.3. The SMILES string of the molecule is CCCCC/C=C\C/C=C\CCCCCCCCC1(CCCCCCCCCCCC)OCC(CCN(C)C)O1. The van der Waals surface area contributed by atoms with Gasteiger partial charge in [-0.25, -0.2) is 0 Å². The normalized spacial score (nSPS) is 19.7. The van der Waals surface area contributed by atoms with Crippen molar-refractivity contribution in [3.8, 4) is 0 Å². The van der Waals surface area contributed by atoms with Gasteiger partial charge in [0.15, 0.2) is 5.79 Å². The second-order valence-electron chi connectivity index (χ2n) is 12.8. The van der Waals surface area contributed by atoms with Crippen molar-refractivity contribution >= 4 is 0 Å². The molecule has 0 amide bonds. The maximum absolute atomic E-state index is 6.65. The summed E-state index contributed by atoms with van der Waals surface area (Å²) in [4.78, 5) is 2.26. The summed E-state index contributed by atoms with van der Waals surface area (Å²) >= 11 is 0. The van der Waals surface area contributed by atoms with E-state index in [1.165, 1.54) is 135 Å². The molecule has 0 aromatic heterocycles. The molecule has 1 rings (SSSR count). The first-order valence-corrected chi connectivity index (χ1v) is 17.9.